The molecule has 0 fully saturated rings. The maximum Gasteiger partial charge on any atom is 0.408 e. The third-order valence-electron chi connectivity index (χ3n) is 1.84. The summed E-state index contributed by atoms with van der Waals surface area (Å²) in [6.07, 6.45) is -0.460. The van der Waals surface area contributed by atoms with Crippen molar-refractivity contribution in [3.63, 3.8) is 0 Å². The highest BCUT2D eigenvalue weighted by Crippen LogP contribution is 2.08. The average molecular weight is 296 g/mol. The summed E-state index contributed by atoms with van der Waals surface area (Å²) in [4.78, 5) is 32.6. The summed E-state index contributed by atoms with van der Waals surface area (Å²) in [5.74, 6) is -1.19. The van der Waals surface area contributed by atoms with E-state index in [9.17, 15) is 14.4 Å². The predicted octanol–water partition coefficient (Wildman–Crippen LogP) is 2.12. The molecule has 1 amide bonds. The summed E-state index contributed by atoms with van der Waals surface area (Å²) in [6, 6.07) is -1.11. The van der Waals surface area contributed by atoms with Gasteiger partial charge in [0, 0.05) is 11.6 Å². The number of ether oxygens (including phenoxy) is 2. The predicted molar refractivity (Wildman–Crippen MR) is 67.2 cm³/mol. The van der Waals surface area contributed by atoms with E-state index < -0.39 is 29.1 Å². The zero-order chi connectivity index (χ0) is 15.1. The van der Waals surface area contributed by atoms with Gasteiger partial charge in [-0.2, -0.15) is 0 Å². The van der Waals surface area contributed by atoms with E-state index in [1.54, 1.807) is 20.8 Å². The van der Waals surface area contributed by atoms with Crippen LogP contribution in [0.1, 0.15) is 33.6 Å². The summed E-state index contributed by atoms with van der Waals surface area (Å²) in [6.45, 7) is 4.99. The van der Waals surface area contributed by atoms with Crippen LogP contribution in [0.5, 0.6) is 0 Å². The van der Waals surface area contributed by atoms with Crippen molar-refractivity contribution in [3.05, 3.63) is 0 Å². The zero-order valence-corrected chi connectivity index (χ0v) is 11.8. The SMILES string of the molecule is CC(C)(C)OC(=O)N[C@@H](CCCOC(=O)Cl)C(=O)O. The normalized spacial score (nSPS) is 12.4. The third-order valence-corrected chi connectivity index (χ3v) is 1.95. The molecule has 0 bridgehead atoms. The van der Waals surface area contributed by atoms with Gasteiger partial charge >= 0.3 is 17.5 Å². The quantitative estimate of drug-likeness (QED) is 0.575. The third kappa shape index (κ3) is 10.1. The van der Waals surface area contributed by atoms with Crippen LogP contribution in [0.15, 0.2) is 0 Å². The first-order valence-corrected chi connectivity index (χ1v) is 6.04. The molecule has 0 radical (unpaired) electrons. The van der Waals surface area contributed by atoms with Gasteiger partial charge in [0.05, 0.1) is 6.61 Å². The standard InChI is InChI=1S/C11H18ClNO6/c1-11(2,3)19-10(17)13-7(8(14)15)5-4-6-18-9(12)16/h7H,4-6H2,1-3H3,(H,13,17)(H,14,15)/t7-/m0/s1. The fraction of sp³-hybridized carbons (Fsp3) is 0.727. The lowest BCUT2D eigenvalue weighted by Gasteiger charge is -2.21. The summed E-state index contributed by atoms with van der Waals surface area (Å²) in [5, 5.41) is 11.2. The Bertz CT molecular complexity index is 339. The largest absolute Gasteiger partial charge is 0.480 e. The lowest BCUT2D eigenvalue weighted by molar-refractivity contribution is -0.139. The van der Waals surface area contributed by atoms with E-state index in [-0.39, 0.29) is 19.4 Å². The van der Waals surface area contributed by atoms with Crippen molar-refractivity contribution >= 4 is 29.1 Å². The number of rotatable bonds is 6. The smallest absolute Gasteiger partial charge is 0.408 e. The van der Waals surface area contributed by atoms with E-state index in [0.717, 1.165) is 0 Å². The van der Waals surface area contributed by atoms with E-state index in [0.29, 0.717) is 0 Å². The second-order valence-corrected chi connectivity index (χ2v) is 5.07. The molecule has 0 saturated carbocycles. The Morgan fingerprint density at radius 2 is 1.89 bits per heavy atom. The molecule has 0 aliphatic rings. The number of halogens is 1. The van der Waals surface area contributed by atoms with Gasteiger partial charge in [0.2, 0.25) is 0 Å². The fourth-order valence-electron chi connectivity index (χ4n) is 1.15. The van der Waals surface area contributed by atoms with E-state index in [2.05, 4.69) is 10.1 Å². The lowest BCUT2D eigenvalue weighted by atomic mass is 10.1. The molecule has 0 aromatic heterocycles. The first kappa shape index (κ1) is 17.5. The topological polar surface area (TPSA) is 102 Å². The molecule has 110 valence electrons. The average Bonchev–Trinajstić information content (AvgIpc) is 2.19. The second-order valence-electron chi connectivity index (χ2n) is 4.77. The van der Waals surface area contributed by atoms with Gasteiger partial charge in [-0.1, -0.05) is 0 Å². The van der Waals surface area contributed by atoms with Crippen molar-refractivity contribution < 1.29 is 29.0 Å². The minimum absolute atomic E-state index is 0.0118. The van der Waals surface area contributed by atoms with Crippen LogP contribution in [-0.4, -0.2) is 40.8 Å². The van der Waals surface area contributed by atoms with E-state index >= 15 is 0 Å². The van der Waals surface area contributed by atoms with Gasteiger partial charge in [-0.05, 0) is 33.6 Å². The molecule has 19 heavy (non-hydrogen) atoms. The molecular weight excluding hydrogens is 278 g/mol. The van der Waals surface area contributed by atoms with E-state index in [1.807, 2.05) is 0 Å². The van der Waals surface area contributed by atoms with Gasteiger partial charge in [-0.15, -0.1) is 0 Å². The van der Waals surface area contributed by atoms with E-state index in [4.69, 9.17) is 21.4 Å². The van der Waals surface area contributed by atoms with Crippen LogP contribution in [0.25, 0.3) is 0 Å². The van der Waals surface area contributed by atoms with Crippen molar-refractivity contribution in [2.24, 2.45) is 0 Å². The van der Waals surface area contributed by atoms with Crippen LogP contribution in [0.2, 0.25) is 0 Å². The highest BCUT2D eigenvalue weighted by atomic mass is 35.5. The van der Waals surface area contributed by atoms with Crippen molar-refractivity contribution in [3.8, 4) is 0 Å². The lowest BCUT2D eigenvalue weighted by Crippen LogP contribution is -2.43. The van der Waals surface area contributed by atoms with Crippen molar-refractivity contribution in [1.29, 1.82) is 0 Å². The number of alkyl carbamates (subject to hydrolysis) is 1. The summed E-state index contributed by atoms with van der Waals surface area (Å²) in [5.41, 5.74) is -1.66. The number of amides is 1. The maximum atomic E-state index is 11.4. The van der Waals surface area contributed by atoms with Gasteiger partial charge in [0.15, 0.2) is 0 Å². The van der Waals surface area contributed by atoms with Crippen LogP contribution < -0.4 is 5.32 Å². The number of aliphatic carboxylic acids is 1. The number of carbonyl (C=O) groups is 3. The molecule has 0 saturated heterocycles. The Kier molecular flexibility index (Phi) is 7.21. The number of hydrogen-bond acceptors (Lipinski definition) is 5. The van der Waals surface area contributed by atoms with Gasteiger partial charge in [0.1, 0.15) is 11.6 Å². The molecule has 7 nitrogen and oxygen atoms in total. The number of nitrogens with one attached hydrogen (secondary N) is 1. The van der Waals surface area contributed by atoms with Crippen LogP contribution >= 0.6 is 11.6 Å². The Morgan fingerprint density at radius 1 is 1.32 bits per heavy atom. The van der Waals surface area contributed by atoms with Crippen LogP contribution in [0, 0.1) is 0 Å². The van der Waals surface area contributed by atoms with Gasteiger partial charge < -0.3 is 19.9 Å². The Hall–Kier alpha value is -1.50. The highest BCUT2D eigenvalue weighted by molar-refractivity contribution is 6.61. The van der Waals surface area contributed by atoms with Crippen LogP contribution in [0.3, 0.4) is 0 Å². The Morgan fingerprint density at radius 3 is 2.32 bits per heavy atom. The first-order chi connectivity index (χ1) is 8.61. The molecule has 0 rings (SSSR count). The minimum atomic E-state index is -1.19. The molecule has 2 N–H and O–H groups in total. The minimum Gasteiger partial charge on any atom is -0.480 e. The Balaban J connectivity index is 4.16. The number of hydrogen-bond donors (Lipinski definition) is 2. The van der Waals surface area contributed by atoms with E-state index in [1.165, 1.54) is 0 Å². The molecule has 0 aromatic carbocycles. The number of carboxylic acid groups (broad SMARTS) is 1. The first-order valence-electron chi connectivity index (χ1n) is 5.66. The van der Waals surface area contributed by atoms with Gasteiger partial charge in [-0.3, -0.25) is 0 Å². The summed E-state index contributed by atoms with van der Waals surface area (Å²) in [7, 11) is 0. The van der Waals surface area contributed by atoms with Crippen LogP contribution in [-0.2, 0) is 14.3 Å². The van der Waals surface area contributed by atoms with Crippen molar-refractivity contribution in [2.75, 3.05) is 6.61 Å². The molecule has 0 aromatic rings. The van der Waals surface area contributed by atoms with Gasteiger partial charge in [0.25, 0.3) is 0 Å². The monoisotopic (exact) mass is 295 g/mol. The van der Waals surface area contributed by atoms with Gasteiger partial charge in [-0.25, -0.2) is 14.4 Å². The zero-order valence-electron chi connectivity index (χ0n) is 11.1. The molecule has 0 unspecified atom stereocenters. The van der Waals surface area contributed by atoms with Crippen LogP contribution in [0.4, 0.5) is 9.59 Å². The molecule has 0 aliphatic heterocycles. The summed E-state index contributed by atoms with van der Waals surface area (Å²) < 4.78 is 9.39. The number of carboxylic acids is 1. The number of carbonyl (C=O) groups excluding carboxylic acids is 2. The molecule has 8 heteroatoms. The maximum absolute atomic E-state index is 11.4. The summed E-state index contributed by atoms with van der Waals surface area (Å²) >= 11 is 4.95. The molecule has 0 aliphatic carbocycles. The second kappa shape index (κ2) is 7.83. The fourth-order valence-corrected chi connectivity index (χ4v) is 1.22. The molecular formula is C11H18ClNO6. The highest BCUT2D eigenvalue weighted by Gasteiger charge is 2.23. The van der Waals surface area contributed by atoms with Crippen molar-refractivity contribution in [1.82, 2.24) is 5.32 Å². The Labute approximate surface area is 116 Å². The molecule has 0 spiro atoms. The molecule has 1 atom stereocenters. The molecule has 0 heterocycles. The van der Waals surface area contributed by atoms with Crippen molar-refractivity contribution in [2.45, 2.75) is 45.3 Å².